The molecule has 0 amide bonds. The topological polar surface area (TPSA) is 46.2 Å². The molecule has 0 bridgehead atoms. The molecule has 0 saturated carbocycles. The van der Waals surface area contributed by atoms with E-state index in [0.29, 0.717) is 12.1 Å². The Kier molecular flexibility index (Phi) is 3.34. The van der Waals surface area contributed by atoms with Gasteiger partial charge in [-0.15, -0.1) is 6.58 Å². The van der Waals surface area contributed by atoms with E-state index in [-0.39, 0.29) is 0 Å². The summed E-state index contributed by atoms with van der Waals surface area (Å²) in [6.45, 7) is 5.34. The van der Waals surface area contributed by atoms with Crippen molar-refractivity contribution in [2.24, 2.45) is 0 Å². The number of benzene rings is 1. The first kappa shape index (κ1) is 11.3. The number of rotatable bonds is 3. The van der Waals surface area contributed by atoms with E-state index in [4.69, 9.17) is 5.73 Å². The molecule has 0 spiro atoms. The van der Waals surface area contributed by atoms with E-state index in [1.165, 1.54) is 0 Å². The number of nitrogens with two attached hydrogens (primary N) is 1. The number of halogens is 1. The summed E-state index contributed by atoms with van der Waals surface area (Å²) in [4.78, 5) is 0. The Morgan fingerprint density at radius 2 is 2.29 bits per heavy atom. The quantitative estimate of drug-likeness (QED) is 0.645. The van der Waals surface area contributed by atoms with E-state index in [9.17, 15) is 5.11 Å². The summed E-state index contributed by atoms with van der Waals surface area (Å²) in [7, 11) is 0. The highest BCUT2D eigenvalue weighted by Gasteiger charge is 2.23. The van der Waals surface area contributed by atoms with Crippen molar-refractivity contribution in [1.82, 2.24) is 0 Å². The Balaban J connectivity index is 3.16. The fourth-order valence-electron chi connectivity index (χ4n) is 1.39. The summed E-state index contributed by atoms with van der Waals surface area (Å²) in [5.41, 5.74) is 6.17. The van der Waals surface area contributed by atoms with E-state index in [2.05, 4.69) is 22.5 Å². The second-order valence-electron chi connectivity index (χ2n) is 3.50. The van der Waals surface area contributed by atoms with Gasteiger partial charge < -0.3 is 10.8 Å². The van der Waals surface area contributed by atoms with Crippen molar-refractivity contribution in [3.8, 4) is 0 Å². The molecule has 0 aliphatic rings. The van der Waals surface area contributed by atoms with Crippen LogP contribution in [0.2, 0.25) is 0 Å². The molecular weight excluding hydrogens is 242 g/mol. The number of hydrogen-bond acceptors (Lipinski definition) is 2. The van der Waals surface area contributed by atoms with Crippen LogP contribution < -0.4 is 5.73 Å². The van der Waals surface area contributed by atoms with E-state index >= 15 is 0 Å². The normalized spacial score (nSPS) is 14.8. The smallest absolute Gasteiger partial charge is 0.0922 e. The third-order valence-electron chi connectivity index (χ3n) is 2.14. The zero-order chi connectivity index (χ0) is 10.8. The number of anilines is 1. The summed E-state index contributed by atoms with van der Waals surface area (Å²) in [5, 5.41) is 10.1. The van der Waals surface area contributed by atoms with Crippen LogP contribution in [0.5, 0.6) is 0 Å². The molecule has 0 radical (unpaired) electrons. The van der Waals surface area contributed by atoms with Gasteiger partial charge in [0.05, 0.1) is 5.60 Å². The van der Waals surface area contributed by atoms with Crippen LogP contribution in [0.3, 0.4) is 0 Å². The lowest BCUT2D eigenvalue weighted by molar-refractivity contribution is 0.0614. The highest BCUT2D eigenvalue weighted by atomic mass is 79.9. The Morgan fingerprint density at radius 3 is 2.86 bits per heavy atom. The zero-order valence-corrected chi connectivity index (χ0v) is 9.71. The molecule has 14 heavy (non-hydrogen) atoms. The maximum Gasteiger partial charge on any atom is 0.0922 e. The summed E-state index contributed by atoms with van der Waals surface area (Å²) >= 11 is 3.35. The minimum absolute atomic E-state index is 0.480. The fraction of sp³-hybridized carbons (Fsp3) is 0.273. The monoisotopic (exact) mass is 255 g/mol. The third-order valence-corrected chi connectivity index (χ3v) is 2.63. The fourth-order valence-corrected chi connectivity index (χ4v) is 1.75. The first-order valence-electron chi connectivity index (χ1n) is 4.36. The standard InChI is InChI=1S/C11H14BrNO/c1-3-6-11(2,14)9-7-8(12)4-5-10(9)13/h3-5,7,14H,1,6,13H2,2H3. The minimum Gasteiger partial charge on any atom is -0.398 e. The summed E-state index contributed by atoms with van der Waals surface area (Å²) in [5.74, 6) is 0. The van der Waals surface area contributed by atoms with Gasteiger partial charge in [-0.3, -0.25) is 0 Å². The molecule has 3 heteroatoms. The first-order valence-corrected chi connectivity index (χ1v) is 5.15. The predicted molar refractivity (Wildman–Crippen MR) is 62.9 cm³/mol. The third kappa shape index (κ3) is 2.36. The number of hydrogen-bond donors (Lipinski definition) is 2. The van der Waals surface area contributed by atoms with Crippen molar-refractivity contribution in [3.05, 3.63) is 40.9 Å². The molecule has 1 atom stereocenters. The average molecular weight is 256 g/mol. The van der Waals surface area contributed by atoms with Crippen LogP contribution in [0.1, 0.15) is 18.9 Å². The average Bonchev–Trinajstić information content (AvgIpc) is 2.09. The van der Waals surface area contributed by atoms with Crippen LogP contribution in [-0.4, -0.2) is 5.11 Å². The largest absolute Gasteiger partial charge is 0.398 e. The zero-order valence-electron chi connectivity index (χ0n) is 8.13. The van der Waals surface area contributed by atoms with Gasteiger partial charge in [0.25, 0.3) is 0 Å². The van der Waals surface area contributed by atoms with Crippen molar-refractivity contribution in [1.29, 1.82) is 0 Å². The molecular formula is C11H14BrNO. The Bertz CT molecular complexity index is 347. The van der Waals surface area contributed by atoms with E-state index in [1.54, 1.807) is 19.1 Å². The number of nitrogen functional groups attached to an aromatic ring is 1. The molecule has 3 N–H and O–H groups in total. The van der Waals surface area contributed by atoms with Crippen LogP contribution in [-0.2, 0) is 5.60 Å². The van der Waals surface area contributed by atoms with Gasteiger partial charge in [0.15, 0.2) is 0 Å². The maximum atomic E-state index is 10.1. The lowest BCUT2D eigenvalue weighted by Crippen LogP contribution is -2.21. The van der Waals surface area contributed by atoms with Crippen LogP contribution >= 0.6 is 15.9 Å². The van der Waals surface area contributed by atoms with Gasteiger partial charge in [-0.2, -0.15) is 0 Å². The molecule has 0 aromatic heterocycles. The Hall–Kier alpha value is -0.800. The highest BCUT2D eigenvalue weighted by Crippen LogP contribution is 2.31. The predicted octanol–water partition coefficient (Wildman–Crippen LogP) is 2.81. The van der Waals surface area contributed by atoms with E-state index in [1.807, 2.05) is 12.1 Å². The van der Waals surface area contributed by atoms with Gasteiger partial charge >= 0.3 is 0 Å². The van der Waals surface area contributed by atoms with Gasteiger partial charge in [-0.1, -0.05) is 22.0 Å². The van der Waals surface area contributed by atoms with Crippen molar-refractivity contribution in [3.63, 3.8) is 0 Å². The van der Waals surface area contributed by atoms with Gasteiger partial charge in [-0.25, -0.2) is 0 Å². The Labute approximate surface area is 92.6 Å². The summed E-state index contributed by atoms with van der Waals surface area (Å²) in [6.07, 6.45) is 2.16. The first-order chi connectivity index (χ1) is 6.47. The van der Waals surface area contributed by atoms with E-state index in [0.717, 1.165) is 10.0 Å². The molecule has 0 fully saturated rings. The molecule has 1 unspecified atom stereocenters. The van der Waals surface area contributed by atoms with Crippen molar-refractivity contribution in [2.45, 2.75) is 18.9 Å². The lowest BCUT2D eigenvalue weighted by atomic mass is 9.91. The van der Waals surface area contributed by atoms with Crippen LogP contribution in [0.4, 0.5) is 5.69 Å². The second kappa shape index (κ2) is 4.15. The molecule has 2 nitrogen and oxygen atoms in total. The minimum atomic E-state index is -0.949. The van der Waals surface area contributed by atoms with Crippen molar-refractivity contribution < 1.29 is 5.11 Å². The van der Waals surface area contributed by atoms with E-state index < -0.39 is 5.60 Å². The maximum absolute atomic E-state index is 10.1. The van der Waals surface area contributed by atoms with Crippen LogP contribution in [0.25, 0.3) is 0 Å². The molecule has 0 aliphatic heterocycles. The van der Waals surface area contributed by atoms with Gasteiger partial charge in [-0.05, 0) is 31.5 Å². The van der Waals surface area contributed by atoms with Crippen molar-refractivity contribution in [2.75, 3.05) is 5.73 Å². The lowest BCUT2D eigenvalue weighted by Gasteiger charge is -2.24. The van der Waals surface area contributed by atoms with Crippen LogP contribution in [0, 0.1) is 0 Å². The molecule has 76 valence electrons. The van der Waals surface area contributed by atoms with Crippen molar-refractivity contribution >= 4 is 21.6 Å². The molecule has 1 aromatic carbocycles. The highest BCUT2D eigenvalue weighted by molar-refractivity contribution is 9.10. The summed E-state index contributed by atoms with van der Waals surface area (Å²) < 4.78 is 0.908. The number of aliphatic hydroxyl groups is 1. The van der Waals surface area contributed by atoms with Gasteiger partial charge in [0, 0.05) is 15.7 Å². The summed E-state index contributed by atoms with van der Waals surface area (Å²) in [6, 6.07) is 5.46. The van der Waals surface area contributed by atoms with Gasteiger partial charge in [0.2, 0.25) is 0 Å². The second-order valence-corrected chi connectivity index (χ2v) is 4.41. The molecule has 1 rings (SSSR count). The molecule has 0 aliphatic carbocycles. The Morgan fingerprint density at radius 1 is 1.64 bits per heavy atom. The SMILES string of the molecule is C=CCC(C)(O)c1cc(Br)ccc1N. The molecule has 0 heterocycles. The molecule has 0 saturated heterocycles. The molecule has 1 aromatic rings. The van der Waals surface area contributed by atoms with Gasteiger partial charge in [0.1, 0.15) is 0 Å². The van der Waals surface area contributed by atoms with Crippen LogP contribution in [0.15, 0.2) is 35.3 Å².